The number of hydrogen-bond acceptors (Lipinski definition) is 3. The number of aliphatic imine (C=N–C) groups is 1. The fourth-order valence-corrected chi connectivity index (χ4v) is 3.81. The molecule has 1 aromatic rings. The Morgan fingerprint density at radius 3 is 2.59 bits per heavy atom. The first-order valence-corrected chi connectivity index (χ1v) is 10.8. The van der Waals surface area contributed by atoms with Gasteiger partial charge in [-0.2, -0.15) is 5.10 Å². The van der Waals surface area contributed by atoms with Crippen molar-refractivity contribution in [1.29, 1.82) is 0 Å². The molecule has 27 heavy (non-hydrogen) atoms. The lowest BCUT2D eigenvalue weighted by molar-refractivity contribution is 0.260. The number of aryl methyl sites for hydroxylation is 2. The lowest BCUT2D eigenvalue weighted by Crippen LogP contribution is -2.43. The first-order chi connectivity index (χ1) is 13.0. The summed E-state index contributed by atoms with van der Waals surface area (Å²) in [5, 5.41) is 11.5. The lowest BCUT2D eigenvalue weighted by Gasteiger charge is -2.22. The summed E-state index contributed by atoms with van der Waals surface area (Å²) in [6.45, 7) is 12.7. The Kier molecular flexibility index (Phi) is 6.79. The van der Waals surface area contributed by atoms with Gasteiger partial charge in [0.25, 0.3) is 0 Å². The highest BCUT2D eigenvalue weighted by Crippen LogP contribution is 2.34. The summed E-state index contributed by atoms with van der Waals surface area (Å²) >= 11 is 0. The van der Waals surface area contributed by atoms with E-state index in [1.807, 2.05) is 11.7 Å². The van der Waals surface area contributed by atoms with Gasteiger partial charge in [0.15, 0.2) is 5.96 Å². The Bertz CT molecular complexity index is 641. The zero-order valence-corrected chi connectivity index (χ0v) is 17.9. The molecule has 1 unspecified atom stereocenters. The van der Waals surface area contributed by atoms with Crippen LogP contribution in [-0.2, 0) is 13.5 Å². The first kappa shape index (κ1) is 20.2. The molecule has 0 amide bonds. The van der Waals surface area contributed by atoms with E-state index < -0.39 is 0 Å². The molecule has 0 saturated heterocycles. The van der Waals surface area contributed by atoms with Crippen molar-refractivity contribution in [3.05, 3.63) is 17.0 Å². The number of nitrogens with one attached hydrogen (secondary N) is 2. The van der Waals surface area contributed by atoms with Crippen molar-refractivity contribution in [3.63, 3.8) is 0 Å². The summed E-state index contributed by atoms with van der Waals surface area (Å²) in [6.07, 6.45) is 6.60. The molecule has 6 nitrogen and oxygen atoms in total. The number of nitrogens with zero attached hydrogens (tertiary/aromatic N) is 4. The highest BCUT2D eigenvalue weighted by Gasteiger charge is 2.33. The molecule has 2 fully saturated rings. The second-order valence-electron chi connectivity index (χ2n) is 8.45. The summed E-state index contributed by atoms with van der Waals surface area (Å²) in [6, 6.07) is 1.15. The van der Waals surface area contributed by atoms with Gasteiger partial charge < -0.3 is 10.6 Å². The van der Waals surface area contributed by atoms with Gasteiger partial charge in [0.2, 0.25) is 0 Å². The maximum atomic E-state index is 4.85. The smallest absolute Gasteiger partial charge is 0.191 e. The molecule has 0 aliphatic heterocycles. The van der Waals surface area contributed by atoms with Gasteiger partial charge in [-0.1, -0.05) is 0 Å². The number of rotatable bonds is 10. The van der Waals surface area contributed by atoms with E-state index >= 15 is 0 Å². The van der Waals surface area contributed by atoms with Crippen LogP contribution in [0.5, 0.6) is 0 Å². The van der Waals surface area contributed by atoms with Crippen molar-refractivity contribution < 1.29 is 0 Å². The molecule has 0 aromatic carbocycles. The lowest BCUT2D eigenvalue weighted by atomic mass is 10.1. The first-order valence-electron chi connectivity index (χ1n) is 10.8. The van der Waals surface area contributed by atoms with Crippen LogP contribution in [0.4, 0.5) is 0 Å². The molecular formula is C21H38N6. The Hall–Kier alpha value is -1.56. The molecule has 0 radical (unpaired) electrons. The minimum absolute atomic E-state index is 0.315. The molecule has 2 aliphatic carbocycles. The molecule has 1 aromatic heterocycles. The van der Waals surface area contributed by atoms with E-state index in [0.29, 0.717) is 6.04 Å². The van der Waals surface area contributed by atoms with Crippen LogP contribution in [0.1, 0.15) is 56.5 Å². The van der Waals surface area contributed by atoms with Gasteiger partial charge in [0.1, 0.15) is 0 Å². The van der Waals surface area contributed by atoms with E-state index in [0.717, 1.165) is 49.7 Å². The van der Waals surface area contributed by atoms with Crippen molar-refractivity contribution in [2.45, 2.75) is 71.9 Å². The van der Waals surface area contributed by atoms with Crippen molar-refractivity contribution in [2.75, 3.05) is 26.2 Å². The second-order valence-corrected chi connectivity index (χ2v) is 8.45. The predicted octanol–water partition coefficient (Wildman–Crippen LogP) is 2.40. The van der Waals surface area contributed by atoms with E-state index in [9.17, 15) is 0 Å². The molecular weight excluding hydrogens is 336 g/mol. The topological polar surface area (TPSA) is 57.5 Å². The molecule has 1 atom stereocenters. The van der Waals surface area contributed by atoms with Gasteiger partial charge in [-0.3, -0.25) is 14.6 Å². The van der Waals surface area contributed by atoms with Crippen LogP contribution in [0.2, 0.25) is 0 Å². The van der Waals surface area contributed by atoms with Gasteiger partial charge in [0, 0.05) is 44.5 Å². The number of aromatic nitrogens is 2. The zero-order chi connectivity index (χ0) is 19.4. The Morgan fingerprint density at radius 2 is 2.04 bits per heavy atom. The van der Waals surface area contributed by atoms with Gasteiger partial charge in [0.05, 0.1) is 12.2 Å². The van der Waals surface area contributed by atoms with Crippen LogP contribution >= 0.6 is 0 Å². The highest BCUT2D eigenvalue weighted by molar-refractivity contribution is 5.80. The maximum absolute atomic E-state index is 4.85. The predicted molar refractivity (Wildman–Crippen MR) is 112 cm³/mol. The minimum atomic E-state index is 0.315. The average Bonchev–Trinajstić information content (AvgIpc) is 3.51. The van der Waals surface area contributed by atoms with E-state index in [-0.39, 0.29) is 0 Å². The van der Waals surface area contributed by atoms with Gasteiger partial charge in [-0.15, -0.1) is 0 Å². The largest absolute Gasteiger partial charge is 0.357 e. The molecule has 152 valence electrons. The standard InChI is InChI=1S/C21H38N6/c1-6-22-21(23-11-12-27(19-9-10-19)14-18-7-8-18)24-15(2)13-20-16(3)25-26(5)17(20)4/h15,18-19H,6-14H2,1-5H3,(H2,22,23,24). The van der Waals surface area contributed by atoms with Crippen molar-refractivity contribution in [3.8, 4) is 0 Å². The molecule has 3 rings (SSSR count). The molecule has 0 bridgehead atoms. The summed E-state index contributed by atoms with van der Waals surface area (Å²) in [5.41, 5.74) is 3.73. The van der Waals surface area contributed by atoms with Gasteiger partial charge in [-0.25, -0.2) is 0 Å². The summed E-state index contributed by atoms with van der Waals surface area (Å²) < 4.78 is 1.98. The summed E-state index contributed by atoms with van der Waals surface area (Å²) in [5.74, 6) is 1.90. The monoisotopic (exact) mass is 374 g/mol. The third kappa shape index (κ3) is 5.96. The highest BCUT2D eigenvalue weighted by atomic mass is 15.3. The summed E-state index contributed by atoms with van der Waals surface area (Å²) in [4.78, 5) is 7.53. The molecule has 2 aliphatic rings. The quantitative estimate of drug-likeness (QED) is 0.488. The summed E-state index contributed by atoms with van der Waals surface area (Å²) in [7, 11) is 2.02. The zero-order valence-electron chi connectivity index (χ0n) is 17.9. The van der Waals surface area contributed by atoms with E-state index in [2.05, 4.69) is 48.3 Å². The molecule has 2 N–H and O–H groups in total. The normalized spacial score (nSPS) is 18.8. The van der Waals surface area contributed by atoms with Crippen molar-refractivity contribution in [2.24, 2.45) is 18.0 Å². The average molecular weight is 375 g/mol. The third-order valence-electron chi connectivity index (χ3n) is 5.81. The maximum Gasteiger partial charge on any atom is 0.191 e. The Balaban J connectivity index is 1.51. The molecule has 0 spiro atoms. The molecule has 1 heterocycles. The van der Waals surface area contributed by atoms with Crippen LogP contribution in [0.15, 0.2) is 4.99 Å². The van der Waals surface area contributed by atoms with Crippen molar-refractivity contribution in [1.82, 2.24) is 25.3 Å². The SMILES string of the molecule is CCNC(=NCCN(CC1CC1)C1CC1)NC(C)Cc1c(C)nn(C)c1C. The fraction of sp³-hybridized carbons (Fsp3) is 0.810. The van der Waals surface area contributed by atoms with Crippen molar-refractivity contribution >= 4 is 5.96 Å². The van der Waals surface area contributed by atoms with E-state index in [1.165, 1.54) is 43.5 Å². The van der Waals surface area contributed by atoms with Crippen LogP contribution in [0.3, 0.4) is 0 Å². The van der Waals surface area contributed by atoms with Gasteiger partial charge in [-0.05, 0) is 71.3 Å². The van der Waals surface area contributed by atoms with E-state index in [1.54, 1.807) is 0 Å². The Labute approximate surface area is 164 Å². The van der Waals surface area contributed by atoms with E-state index in [4.69, 9.17) is 4.99 Å². The van der Waals surface area contributed by atoms with Crippen LogP contribution in [-0.4, -0.2) is 58.9 Å². The van der Waals surface area contributed by atoms with Gasteiger partial charge >= 0.3 is 0 Å². The van der Waals surface area contributed by atoms with Crippen LogP contribution < -0.4 is 10.6 Å². The molecule has 2 saturated carbocycles. The van der Waals surface area contributed by atoms with Crippen LogP contribution in [0, 0.1) is 19.8 Å². The Morgan fingerprint density at radius 1 is 1.30 bits per heavy atom. The second kappa shape index (κ2) is 9.09. The molecule has 6 heteroatoms. The fourth-order valence-electron chi connectivity index (χ4n) is 3.81. The number of hydrogen-bond donors (Lipinski definition) is 2. The number of guanidine groups is 1. The van der Waals surface area contributed by atoms with Crippen LogP contribution in [0.25, 0.3) is 0 Å². The third-order valence-corrected chi connectivity index (χ3v) is 5.81. The minimum Gasteiger partial charge on any atom is -0.357 e.